The van der Waals surface area contributed by atoms with E-state index in [0.717, 1.165) is 6.26 Å². The SMILES string of the molecule is CS(=O)(=O)Cc1c(C(=O)Nc2ccccc2Oc2ccccc2)oc2ccccc12. The molecular formula is C23H19NO5S. The van der Waals surface area contributed by atoms with Crippen molar-refractivity contribution in [2.45, 2.75) is 5.75 Å². The van der Waals surface area contributed by atoms with Gasteiger partial charge in [-0.2, -0.15) is 0 Å². The summed E-state index contributed by atoms with van der Waals surface area (Å²) in [5.41, 5.74) is 1.24. The molecule has 1 heterocycles. The summed E-state index contributed by atoms with van der Waals surface area (Å²) >= 11 is 0. The number of fused-ring (bicyclic) bond motifs is 1. The molecule has 1 N–H and O–H groups in total. The molecule has 0 bridgehead atoms. The van der Waals surface area contributed by atoms with Crippen molar-refractivity contribution >= 4 is 32.4 Å². The molecule has 7 heteroatoms. The molecule has 0 aliphatic carbocycles. The Morgan fingerprint density at radius 3 is 2.37 bits per heavy atom. The molecule has 0 fully saturated rings. The van der Waals surface area contributed by atoms with Crippen LogP contribution in [0.4, 0.5) is 5.69 Å². The van der Waals surface area contributed by atoms with Gasteiger partial charge in [-0.3, -0.25) is 4.79 Å². The van der Waals surface area contributed by atoms with Crippen LogP contribution in [0.25, 0.3) is 11.0 Å². The van der Waals surface area contributed by atoms with Crippen molar-refractivity contribution in [2.75, 3.05) is 11.6 Å². The first-order chi connectivity index (χ1) is 14.4. The van der Waals surface area contributed by atoms with Crippen molar-refractivity contribution in [2.24, 2.45) is 0 Å². The third-order valence-corrected chi connectivity index (χ3v) is 5.23. The Balaban J connectivity index is 1.68. The predicted octanol–water partition coefficient (Wildman–Crippen LogP) is 5.02. The second-order valence-corrected chi connectivity index (χ2v) is 8.98. The number of anilines is 1. The highest BCUT2D eigenvalue weighted by molar-refractivity contribution is 7.89. The molecule has 152 valence electrons. The predicted molar refractivity (Wildman–Crippen MR) is 116 cm³/mol. The van der Waals surface area contributed by atoms with E-state index in [1.54, 1.807) is 48.5 Å². The molecule has 0 aliphatic heterocycles. The van der Waals surface area contributed by atoms with Crippen LogP contribution in [0.2, 0.25) is 0 Å². The minimum atomic E-state index is -3.38. The molecule has 0 atom stereocenters. The Labute approximate surface area is 174 Å². The number of benzene rings is 3. The normalized spacial score (nSPS) is 11.4. The van der Waals surface area contributed by atoms with E-state index in [1.165, 1.54) is 0 Å². The first-order valence-corrected chi connectivity index (χ1v) is 11.3. The highest BCUT2D eigenvalue weighted by Gasteiger charge is 2.24. The molecule has 0 aliphatic rings. The standard InChI is InChI=1S/C23H19NO5S/c1-30(26,27)15-18-17-11-5-7-13-20(17)29-22(18)23(25)24-19-12-6-8-14-21(19)28-16-9-3-2-4-10-16/h2-14H,15H2,1H3,(H,24,25). The van der Waals surface area contributed by atoms with Crippen molar-refractivity contribution < 1.29 is 22.4 Å². The molecule has 0 unspecified atom stereocenters. The number of furan rings is 1. The van der Waals surface area contributed by atoms with E-state index in [9.17, 15) is 13.2 Å². The van der Waals surface area contributed by atoms with Crippen molar-refractivity contribution in [3.05, 3.63) is 90.2 Å². The minimum absolute atomic E-state index is 0.0314. The summed E-state index contributed by atoms with van der Waals surface area (Å²) in [5, 5.41) is 3.38. The maximum Gasteiger partial charge on any atom is 0.291 e. The molecule has 0 radical (unpaired) electrons. The van der Waals surface area contributed by atoms with Gasteiger partial charge < -0.3 is 14.5 Å². The fourth-order valence-electron chi connectivity index (χ4n) is 3.14. The van der Waals surface area contributed by atoms with Crippen LogP contribution in [0.3, 0.4) is 0 Å². The number of amides is 1. The van der Waals surface area contributed by atoms with Gasteiger partial charge in [-0.25, -0.2) is 8.42 Å². The topological polar surface area (TPSA) is 85.6 Å². The molecule has 0 spiro atoms. The molecule has 0 saturated heterocycles. The fraction of sp³-hybridized carbons (Fsp3) is 0.0870. The van der Waals surface area contributed by atoms with Crippen molar-refractivity contribution in [3.63, 3.8) is 0 Å². The van der Waals surface area contributed by atoms with Crippen LogP contribution >= 0.6 is 0 Å². The van der Waals surface area contributed by atoms with Gasteiger partial charge in [-0.1, -0.05) is 48.5 Å². The van der Waals surface area contributed by atoms with E-state index < -0.39 is 15.7 Å². The van der Waals surface area contributed by atoms with Gasteiger partial charge in [0.05, 0.1) is 11.4 Å². The van der Waals surface area contributed by atoms with Gasteiger partial charge in [0.15, 0.2) is 21.3 Å². The zero-order valence-electron chi connectivity index (χ0n) is 16.2. The summed E-state index contributed by atoms with van der Waals surface area (Å²) in [4.78, 5) is 13.0. The van der Waals surface area contributed by atoms with E-state index >= 15 is 0 Å². The number of ether oxygens (including phenoxy) is 1. The van der Waals surface area contributed by atoms with Gasteiger partial charge >= 0.3 is 0 Å². The summed E-state index contributed by atoms with van der Waals surface area (Å²) in [6.07, 6.45) is 1.12. The third kappa shape index (κ3) is 4.36. The Bertz CT molecular complexity index is 1310. The number of hydrogen-bond acceptors (Lipinski definition) is 5. The highest BCUT2D eigenvalue weighted by atomic mass is 32.2. The molecule has 30 heavy (non-hydrogen) atoms. The molecule has 1 aromatic heterocycles. The molecule has 6 nitrogen and oxygen atoms in total. The first kappa shape index (κ1) is 19.7. The highest BCUT2D eigenvalue weighted by Crippen LogP contribution is 2.32. The van der Waals surface area contributed by atoms with E-state index in [-0.39, 0.29) is 11.5 Å². The minimum Gasteiger partial charge on any atom is -0.455 e. The first-order valence-electron chi connectivity index (χ1n) is 9.22. The van der Waals surface area contributed by atoms with Crippen LogP contribution in [0.1, 0.15) is 16.1 Å². The van der Waals surface area contributed by atoms with Gasteiger partial charge in [0.1, 0.15) is 11.3 Å². The second-order valence-electron chi connectivity index (χ2n) is 6.84. The average molecular weight is 421 g/mol. The lowest BCUT2D eigenvalue weighted by atomic mass is 10.1. The van der Waals surface area contributed by atoms with E-state index in [4.69, 9.17) is 9.15 Å². The van der Waals surface area contributed by atoms with Gasteiger partial charge in [0.25, 0.3) is 5.91 Å². The molecule has 0 saturated carbocycles. The molecular weight excluding hydrogens is 402 g/mol. The van der Waals surface area contributed by atoms with Crippen molar-refractivity contribution in [3.8, 4) is 11.5 Å². The van der Waals surface area contributed by atoms with Gasteiger partial charge in [0, 0.05) is 17.2 Å². The molecule has 4 rings (SSSR count). The lowest BCUT2D eigenvalue weighted by Gasteiger charge is -2.12. The summed E-state index contributed by atoms with van der Waals surface area (Å²) in [5.74, 6) is 0.207. The smallest absolute Gasteiger partial charge is 0.291 e. The van der Waals surface area contributed by atoms with E-state index in [1.807, 2.05) is 30.3 Å². The van der Waals surface area contributed by atoms with E-state index in [0.29, 0.717) is 33.7 Å². The number of para-hydroxylation sites is 4. The summed E-state index contributed by atoms with van der Waals surface area (Å²) in [7, 11) is -3.38. The van der Waals surface area contributed by atoms with Gasteiger partial charge in [0.2, 0.25) is 0 Å². The molecule has 1 amide bonds. The van der Waals surface area contributed by atoms with Crippen LogP contribution in [0.5, 0.6) is 11.5 Å². The average Bonchev–Trinajstić information content (AvgIpc) is 3.07. The zero-order chi connectivity index (χ0) is 21.1. The summed E-state index contributed by atoms with van der Waals surface area (Å²) in [6, 6.07) is 23.2. The summed E-state index contributed by atoms with van der Waals surface area (Å²) in [6.45, 7) is 0. The van der Waals surface area contributed by atoms with Crippen molar-refractivity contribution in [1.82, 2.24) is 0 Å². The zero-order valence-corrected chi connectivity index (χ0v) is 17.0. The Morgan fingerprint density at radius 1 is 0.933 bits per heavy atom. The lowest BCUT2D eigenvalue weighted by Crippen LogP contribution is -2.15. The maximum atomic E-state index is 13.0. The third-order valence-electron chi connectivity index (χ3n) is 4.42. The largest absolute Gasteiger partial charge is 0.455 e. The quantitative estimate of drug-likeness (QED) is 0.472. The fourth-order valence-corrected chi connectivity index (χ4v) is 3.95. The number of carbonyl (C=O) groups excluding carboxylic acids is 1. The van der Waals surface area contributed by atoms with Crippen LogP contribution in [0.15, 0.2) is 83.3 Å². The Hall–Kier alpha value is -3.58. The van der Waals surface area contributed by atoms with Crippen molar-refractivity contribution in [1.29, 1.82) is 0 Å². The molecule has 4 aromatic rings. The number of carbonyl (C=O) groups is 1. The monoisotopic (exact) mass is 421 g/mol. The lowest BCUT2D eigenvalue weighted by molar-refractivity contribution is 0.0997. The van der Waals surface area contributed by atoms with Crippen LogP contribution in [-0.2, 0) is 15.6 Å². The number of sulfone groups is 1. The number of rotatable bonds is 6. The summed E-state index contributed by atoms with van der Waals surface area (Å²) < 4.78 is 35.5. The number of nitrogens with one attached hydrogen (secondary N) is 1. The number of hydrogen-bond donors (Lipinski definition) is 1. The van der Waals surface area contributed by atoms with Crippen LogP contribution in [0, 0.1) is 0 Å². The Morgan fingerprint density at radius 2 is 1.60 bits per heavy atom. The second kappa shape index (κ2) is 8.04. The van der Waals surface area contributed by atoms with Gasteiger partial charge in [-0.15, -0.1) is 0 Å². The van der Waals surface area contributed by atoms with Crippen LogP contribution in [-0.4, -0.2) is 20.6 Å². The maximum absolute atomic E-state index is 13.0. The van der Waals surface area contributed by atoms with E-state index in [2.05, 4.69) is 5.32 Å². The van der Waals surface area contributed by atoms with Crippen LogP contribution < -0.4 is 10.1 Å². The van der Waals surface area contributed by atoms with Gasteiger partial charge in [-0.05, 0) is 30.3 Å². The Kier molecular flexibility index (Phi) is 5.29. The molecule has 3 aromatic carbocycles.